The first kappa shape index (κ1) is 19.0. The van der Waals surface area contributed by atoms with Crippen molar-refractivity contribution in [3.63, 3.8) is 0 Å². The van der Waals surface area contributed by atoms with Gasteiger partial charge in [0.05, 0.1) is 19.2 Å². The second-order valence-electron chi connectivity index (χ2n) is 5.45. The molecule has 1 atom stereocenters. The van der Waals surface area contributed by atoms with Crippen LogP contribution in [0, 0.1) is 0 Å². The molecule has 0 saturated heterocycles. The van der Waals surface area contributed by atoms with E-state index in [1.54, 1.807) is 24.3 Å². The second-order valence-corrected chi connectivity index (χ2v) is 6.31. The van der Waals surface area contributed by atoms with Crippen molar-refractivity contribution in [2.24, 2.45) is 0 Å². The zero-order chi connectivity index (χ0) is 18.2. The molecule has 0 heterocycles. The van der Waals surface area contributed by atoms with Crippen molar-refractivity contribution in [1.29, 1.82) is 0 Å². The van der Waals surface area contributed by atoms with E-state index in [1.807, 2.05) is 38.1 Å². The fraction of sp³-hybridized carbons (Fsp3) is 0.263. The second kappa shape index (κ2) is 9.22. The Balaban J connectivity index is 1.84. The Labute approximate surface area is 155 Å². The maximum absolute atomic E-state index is 12.1. The molecule has 0 saturated carbocycles. The third-order valence-corrected chi connectivity index (χ3v) is 4.31. The van der Waals surface area contributed by atoms with Crippen LogP contribution in [0.3, 0.4) is 0 Å². The summed E-state index contributed by atoms with van der Waals surface area (Å²) in [5, 5.41) is 5.48. The van der Waals surface area contributed by atoms with Gasteiger partial charge in [-0.1, -0.05) is 34.1 Å². The van der Waals surface area contributed by atoms with Gasteiger partial charge in [-0.15, -0.1) is 0 Å². The lowest BCUT2D eigenvalue weighted by atomic mass is 10.1. The van der Waals surface area contributed by atoms with Crippen molar-refractivity contribution in [3.05, 3.63) is 64.1 Å². The summed E-state index contributed by atoms with van der Waals surface area (Å²) in [7, 11) is 0. The Hall–Kier alpha value is -2.34. The Bertz CT molecular complexity index is 732. The molecule has 0 fully saturated rings. The van der Waals surface area contributed by atoms with Crippen molar-refractivity contribution < 1.29 is 14.3 Å². The summed E-state index contributed by atoms with van der Waals surface area (Å²) in [4.78, 5) is 24.1. The Morgan fingerprint density at radius 3 is 2.44 bits per heavy atom. The molecule has 2 aromatic rings. The summed E-state index contributed by atoms with van der Waals surface area (Å²) in [6.07, 6.45) is 0. The van der Waals surface area contributed by atoms with E-state index in [-0.39, 0.29) is 24.4 Å². The van der Waals surface area contributed by atoms with Crippen LogP contribution in [0.4, 0.5) is 0 Å². The molecule has 2 amide bonds. The summed E-state index contributed by atoms with van der Waals surface area (Å²) < 4.78 is 6.27. The predicted octanol–water partition coefficient (Wildman–Crippen LogP) is 3.46. The Morgan fingerprint density at radius 2 is 1.80 bits per heavy atom. The topological polar surface area (TPSA) is 67.4 Å². The highest BCUT2D eigenvalue weighted by Gasteiger charge is 2.13. The molecule has 0 bridgehead atoms. The average molecular weight is 405 g/mol. The fourth-order valence-corrected chi connectivity index (χ4v) is 2.96. The number of benzene rings is 2. The standard InChI is InChI=1S/C19H21BrN2O3/c1-3-25-15-10-8-14(9-11-15)19(24)21-12-18(23)22-13(2)16-6-4-5-7-17(16)20/h4-11,13H,3,12H2,1-2H3,(H,21,24)(H,22,23)/t13-/m1/s1. The van der Waals surface area contributed by atoms with E-state index in [0.29, 0.717) is 17.9 Å². The maximum atomic E-state index is 12.1. The molecule has 2 rings (SSSR count). The van der Waals surface area contributed by atoms with Crippen LogP contribution in [0.1, 0.15) is 35.8 Å². The Morgan fingerprint density at radius 1 is 1.12 bits per heavy atom. The van der Waals surface area contributed by atoms with E-state index in [1.165, 1.54) is 0 Å². The van der Waals surface area contributed by atoms with Crippen molar-refractivity contribution in [3.8, 4) is 5.75 Å². The summed E-state index contributed by atoms with van der Waals surface area (Å²) in [6, 6.07) is 14.3. The first-order valence-corrected chi connectivity index (χ1v) is 8.85. The van der Waals surface area contributed by atoms with E-state index in [0.717, 1.165) is 10.0 Å². The van der Waals surface area contributed by atoms with Gasteiger partial charge in [0.25, 0.3) is 5.91 Å². The molecule has 0 spiro atoms. The van der Waals surface area contributed by atoms with Crippen LogP contribution < -0.4 is 15.4 Å². The van der Waals surface area contributed by atoms with Gasteiger partial charge in [0.2, 0.25) is 5.91 Å². The molecule has 0 aliphatic carbocycles. The zero-order valence-electron chi connectivity index (χ0n) is 14.2. The quantitative estimate of drug-likeness (QED) is 0.742. The number of amides is 2. The van der Waals surface area contributed by atoms with E-state index in [4.69, 9.17) is 4.74 Å². The van der Waals surface area contributed by atoms with Crippen LogP contribution in [0.25, 0.3) is 0 Å². The number of halogens is 1. The van der Waals surface area contributed by atoms with Gasteiger partial charge in [-0.3, -0.25) is 9.59 Å². The number of carbonyl (C=O) groups excluding carboxylic acids is 2. The molecule has 0 radical (unpaired) electrons. The molecule has 2 aromatic carbocycles. The largest absolute Gasteiger partial charge is 0.494 e. The SMILES string of the molecule is CCOc1ccc(C(=O)NCC(=O)N[C@H](C)c2ccccc2Br)cc1. The molecule has 0 aliphatic rings. The number of hydrogen-bond donors (Lipinski definition) is 2. The molecule has 0 unspecified atom stereocenters. The zero-order valence-corrected chi connectivity index (χ0v) is 15.8. The van der Waals surface area contributed by atoms with Crippen LogP contribution in [0.15, 0.2) is 53.0 Å². The smallest absolute Gasteiger partial charge is 0.251 e. The molecule has 0 aromatic heterocycles. The highest BCUT2D eigenvalue weighted by atomic mass is 79.9. The maximum Gasteiger partial charge on any atom is 0.251 e. The lowest BCUT2D eigenvalue weighted by Crippen LogP contribution is -2.38. The highest BCUT2D eigenvalue weighted by Crippen LogP contribution is 2.22. The van der Waals surface area contributed by atoms with Gasteiger partial charge in [0.1, 0.15) is 5.75 Å². The highest BCUT2D eigenvalue weighted by molar-refractivity contribution is 9.10. The normalized spacial score (nSPS) is 11.5. The lowest BCUT2D eigenvalue weighted by molar-refractivity contribution is -0.120. The van der Waals surface area contributed by atoms with Gasteiger partial charge in [-0.2, -0.15) is 0 Å². The molecule has 5 nitrogen and oxygen atoms in total. The van der Waals surface area contributed by atoms with Gasteiger partial charge >= 0.3 is 0 Å². The van der Waals surface area contributed by atoms with Gasteiger partial charge in [0, 0.05) is 10.0 Å². The monoisotopic (exact) mass is 404 g/mol. The van der Waals surface area contributed by atoms with Gasteiger partial charge in [-0.25, -0.2) is 0 Å². The minimum atomic E-state index is -0.299. The molecule has 25 heavy (non-hydrogen) atoms. The van der Waals surface area contributed by atoms with Crippen molar-refractivity contribution in [2.45, 2.75) is 19.9 Å². The third kappa shape index (κ3) is 5.60. The summed E-state index contributed by atoms with van der Waals surface area (Å²) in [5.74, 6) is 0.160. The van der Waals surface area contributed by atoms with Crippen molar-refractivity contribution >= 4 is 27.7 Å². The van der Waals surface area contributed by atoms with Crippen LogP contribution >= 0.6 is 15.9 Å². The van der Waals surface area contributed by atoms with E-state index in [2.05, 4.69) is 26.6 Å². The van der Waals surface area contributed by atoms with Gasteiger partial charge in [0.15, 0.2) is 0 Å². The lowest BCUT2D eigenvalue weighted by Gasteiger charge is -2.16. The average Bonchev–Trinajstić information content (AvgIpc) is 2.61. The first-order chi connectivity index (χ1) is 12.0. The predicted molar refractivity (Wildman–Crippen MR) is 101 cm³/mol. The number of ether oxygens (including phenoxy) is 1. The summed E-state index contributed by atoms with van der Waals surface area (Å²) >= 11 is 3.47. The van der Waals surface area contributed by atoms with Crippen LogP contribution in [0.2, 0.25) is 0 Å². The number of rotatable bonds is 7. The third-order valence-electron chi connectivity index (χ3n) is 3.59. The number of nitrogens with one attached hydrogen (secondary N) is 2. The van der Waals surface area contributed by atoms with Crippen LogP contribution in [-0.4, -0.2) is 25.0 Å². The van der Waals surface area contributed by atoms with Crippen LogP contribution in [0.5, 0.6) is 5.75 Å². The molecule has 2 N–H and O–H groups in total. The summed E-state index contributed by atoms with van der Waals surface area (Å²) in [6.45, 7) is 4.28. The minimum absolute atomic E-state index is 0.0825. The van der Waals surface area contributed by atoms with E-state index >= 15 is 0 Å². The van der Waals surface area contributed by atoms with E-state index < -0.39 is 0 Å². The van der Waals surface area contributed by atoms with Crippen molar-refractivity contribution in [1.82, 2.24) is 10.6 Å². The van der Waals surface area contributed by atoms with Crippen LogP contribution in [-0.2, 0) is 4.79 Å². The van der Waals surface area contributed by atoms with Crippen molar-refractivity contribution in [2.75, 3.05) is 13.2 Å². The Kier molecular flexibility index (Phi) is 7.01. The fourth-order valence-electron chi connectivity index (χ4n) is 2.33. The molecule has 132 valence electrons. The van der Waals surface area contributed by atoms with Gasteiger partial charge < -0.3 is 15.4 Å². The van der Waals surface area contributed by atoms with Gasteiger partial charge in [-0.05, 0) is 49.7 Å². The first-order valence-electron chi connectivity index (χ1n) is 8.06. The molecular weight excluding hydrogens is 384 g/mol. The molecule has 6 heteroatoms. The molecule has 0 aliphatic heterocycles. The minimum Gasteiger partial charge on any atom is -0.494 e. The number of carbonyl (C=O) groups is 2. The number of hydrogen-bond acceptors (Lipinski definition) is 3. The van der Waals surface area contributed by atoms with E-state index in [9.17, 15) is 9.59 Å². The molecular formula is C19H21BrN2O3. The summed E-state index contributed by atoms with van der Waals surface area (Å²) in [5.41, 5.74) is 1.46.